The Kier molecular flexibility index (Phi) is 4.50. The molecular formula is C20H16FN3OS. The Balaban J connectivity index is 1.42. The van der Waals surface area contributed by atoms with Crippen LogP contribution >= 0.6 is 11.3 Å². The number of benzene rings is 2. The van der Waals surface area contributed by atoms with E-state index in [1.807, 2.05) is 35.7 Å². The van der Waals surface area contributed by atoms with Gasteiger partial charge in [0.1, 0.15) is 11.5 Å². The molecule has 130 valence electrons. The topological polar surface area (TPSA) is 57.8 Å². The van der Waals surface area contributed by atoms with Gasteiger partial charge in [-0.05, 0) is 36.2 Å². The van der Waals surface area contributed by atoms with Crippen LogP contribution in [0.25, 0.3) is 21.5 Å². The van der Waals surface area contributed by atoms with Crippen molar-refractivity contribution < 1.29 is 9.18 Å². The molecule has 0 aliphatic carbocycles. The van der Waals surface area contributed by atoms with E-state index < -0.39 is 0 Å². The molecule has 2 aromatic heterocycles. The molecule has 1 amide bonds. The molecule has 4 rings (SSSR count). The molecule has 0 bridgehead atoms. The fourth-order valence-corrected chi connectivity index (χ4v) is 3.70. The maximum atomic E-state index is 12.9. The van der Waals surface area contributed by atoms with Crippen molar-refractivity contribution in [1.29, 1.82) is 0 Å². The zero-order valence-corrected chi connectivity index (χ0v) is 14.6. The molecule has 0 unspecified atom stereocenters. The first-order chi connectivity index (χ1) is 12.7. The Bertz CT molecular complexity index is 1050. The van der Waals surface area contributed by atoms with Crippen molar-refractivity contribution in [3.8, 4) is 10.6 Å². The molecule has 0 atom stereocenters. The van der Waals surface area contributed by atoms with Crippen molar-refractivity contribution in [1.82, 2.24) is 15.5 Å². The summed E-state index contributed by atoms with van der Waals surface area (Å²) in [4.78, 5) is 13.3. The molecule has 0 fully saturated rings. The number of fused-ring (bicyclic) bond motifs is 1. The lowest BCUT2D eigenvalue weighted by atomic mass is 10.1. The van der Waals surface area contributed by atoms with Crippen molar-refractivity contribution >= 4 is 28.1 Å². The number of rotatable bonds is 5. The summed E-state index contributed by atoms with van der Waals surface area (Å²) < 4.78 is 12.9. The summed E-state index contributed by atoms with van der Waals surface area (Å²) in [5, 5.41) is 13.2. The summed E-state index contributed by atoms with van der Waals surface area (Å²) in [5.74, 6) is -0.371. The number of nitrogens with zero attached hydrogens (tertiary/aromatic N) is 1. The number of aromatic nitrogens is 2. The van der Waals surface area contributed by atoms with Gasteiger partial charge in [-0.3, -0.25) is 9.89 Å². The zero-order valence-electron chi connectivity index (χ0n) is 13.8. The number of amides is 1. The Morgan fingerprint density at radius 3 is 2.81 bits per heavy atom. The Morgan fingerprint density at radius 1 is 1.15 bits per heavy atom. The molecule has 4 aromatic rings. The molecule has 2 N–H and O–H groups in total. The number of thiophene rings is 1. The second-order valence-electron chi connectivity index (χ2n) is 5.95. The molecule has 0 radical (unpaired) electrons. The van der Waals surface area contributed by atoms with E-state index >= 15 is 0 Å². The SMILES string of the molecule is O=C(NCCc1ccc(F)cc1)c1csc(-c2n[nH]c3ccccc23)c1. The van der Waals surface area contributed by atoms with Gasteiger partial charge in [0.15, 0.2) is 0 Å². The summed E-state index contributed by atoms with van der Waals surface area (Å²) in [6.07, 6.45) is 0.660. The summed E-state index contributed by atoms with van der Waals surface area (Å²) >= 11 is 1.50. The first kappa shape index (κ1) is 16.5. The van der Waals surface area contributed by atoms with Gasteiger partial charge in [-0.15, -0.1) is 11.3 Å². The molecule has 0 saturated heterocycles. The van der Waals surface area contributed by atoms with Crippen LogP contribution in [0.5, 0.6) is 0 Å². The minimum absolute atomic E-state index is 0.116. The summed E-state index contributed by atoms with van der Waals surface area (Å²) in [6.45, 7) is 0.501. The summed E-state index contributed by atoms with van der Waals surface area (Å²) in [5.41, 5.74) is 3.44. The highest BCUT2D eigenvalue weighted by Crippen LogP contribution is 2.31. The van der Waals surface area contributed by atoms with Crippen molar-refractivity contribution in [2.45, 2.75) is 6.42 Å². The Hall–Kier alpha value is -2.99. The molecule has 2 heterocycles. The number of carbonyl (C=O) groups excluding carboxylic acids is 1. The van der Waals surface area contributed by atoms with Gasteiger partial charge in [0.25, 0.3) is 5.91 Å². The molecule has 0 aliphatic heterocycles. The van der Waals surface area contributed by atoms with E-state index in [-0.39, 0.29) is 11.7 Å². The molecule has 0 saturated carbocycles. The van der Waals surface area contributed by atoms with Crippen LogP contribution in [-0.4, -0.2) is 22.6 Å². The molecule has 0 spiro atoms. The van der Waals surface area contributed by atoms with Gasteiger partial charge in [0.2, 0.25) is 0 Å². The zero-order chi connectivity index (χ0) is 17.9. The predicted molar refractivity (Wildman–Crippen MR) is 102 cm³/mol. The standard InChI is InChI=1S/C20H16FN3OS/c21-15-7-5-13(6-8-15)9-10-22-20(25)14-11-18(26-12-14)19-16-3-1-2-4-17(16)23-24-19/h1-8,11-12H,9-10H2,(H,22,25)(H,23,24). The fraction of sp³-hybridized carbons (Fsp3) is 0.100. The number of nitrogens with one attached hydrogen (secondary N) is 2. The van der Waals surface area contributed by atoms with Crippen molar-refractivity contribution in [2.75, 3.05) is 6.54 Å². The average molecular weight is 365 g/mol. The van der Waals surface area contributed by atoms with E-state index in [9.17, 15) is 9.18 Å². The lowest BCUT2D eigenvalue weighted by Gasteiger charge is -2.04. The normalized spacial score (nSPS) is 11.0. The molecule has 6 heteroatoms. The van der Waals surface area contributed by atoms with Gasteiger partial charge in [-0.1, -0.05) is 30.3 Å². The van der Waals surface area contributed by atoms with Crippen LogP contribution < -0.4 is 5.32 Å². The second-order valence-corrected chi connectivity index (χ2v) is 6.86. The number of hydrogen-bond acceptors (Lipinski definition) is 3. The number of para-hydroxylation sites is 1. The molecule has 26 heavy (non-hydrogen) atoms. The number of aromatic amines is 1. The highest BCUT2D eigenvalue weighted by Gasteiger charge is 2.13. The van der Waals surface area contributed by atoms with Crippen molar-refractivity contribution in [3.63, 3.8) is 0 Å². The lowest BCUT2D eigenvalue weighted by Crippen LogP contribution is -2.25. The molecular weight excluding hydrogens is 349 g/mol. The van der Waals surface area contributed by atoms with E-state index in [0.717, 1.165) is 27.0 Å². The quantitative estimate of drug-likeness (QED) is 0.551. The van der Waals surface area contributed by atoms with Gasteiger partial charge >= 0.3 is 0 Å². The van der Waals surface area contributed by atoms with E-state index in [1.54, 1.807) is 12.1 Å². The van der Waals surface area contributed by atoms with Gasteiger partial charge in [0.05, 0.1) is 16.0 Å². The van der Waals surface area contributed by atoms with E-state index in [4.69, 9.17) is 0 Å². The third-order valence-corrected chi connectivity index (χ3v) is 5.11. The van der Waals surface area contributed by atoms with Crippen LogP contribution in [0, 0.1) is 5.82 Å². The van der Waals surface area contributed by atoms with Gasteiger partial charge < -0.3 is 5.32 Å². The van der Waals surface area contributed by atoms with Gasteiger partial charge in [0, 0.05) is 17.3 Å². The Morgan fingerprint density at radius 2 is 1.96 bits per heavy atom. The number of hydrogen-bond donors (Lipinski definition) is 2. The Labute approximate surface area is 153 Å². The third-order valence-electron chi connectivity index (χ3n) is 4.18. The van der Waals surface area contributed by atoms with E-state index in [1.165, 1.54) is 23.5 Å². The number of carbonyl (C=O) groups is 1. The van der Waals surface area contributed by atoms with Crippen molar-refractivity contribution in [3.05, 3.63) is 76.9 Å². The lowest BCUT2D eigenvalue weighted by molar-refractivity contribution is 0.0954. The second kappa shape index (κ2) is 7.09. The molecule has 0 aliphatic rings. The highest BCUT2D eigenvalue weighted by atomic mass is 32.1. The van der Waals surface area contributed by atoms with E-state index in [0.29, 0.717) is 18.5 Å². The highest BCUT2D eigenvalue weighted by molar-refractivity contribution is 7.14. The number of H-pyrrole nitrogens is 1. The van der Waals surface area contributed by atoms with Gasteiger partial charge in [-0.25, -0.2) is 4.39 Å². The molecule has 4 nitrogen and oxygen atoms in total. The minimum atomic E-state index is -0.255. The minimum Gasteiger partial charge on any atom is -0.352 e. The first-order valence-electron chi connectivity index (χ1n) is 8.25. The monoisotopic (exact) mass is 365 g/mol. The average Bonchev–Trinajstić information content (AvgIpc) is 3.30. The van der Waals surface area contributed by atoms with Crippen LogP contribution in [0.1, 0.15) is 15.9 Å². The largest absolute Gasteiger partial charge is 0.352 e. The van der Waals surface area contributed by atoms with Crippen LogP contribution in [0.2, 0.25) is 0 Å². The van der Waals surface area contributed by atoms with Crippen LogP contribution in [0.3, 0.4) is 0 Å². The van der Waals surface area contributed by atoms with E-state index in [2.05, 4.69) is 15.5 Å². The van der Waals surface area contributed by atoms with Crippen LogP contribution in [-0.2, 0) is 6.42 Å². The third kappa shape index (κ3) is 3.36. The molecule has 2 aromatic carbocycles. The number of halogens is 1. The summed E-state index contributed by atoms with van der Waals surface area (Å²) in [6, 6.07) is 16.1. The van der Waals surface area contributed by atoms with Crippen LogP contribution in [0.4, 0.5) is 4.39 Å². The van der Waals surface area contributed by atoms with Crippen molar-refractivity contribution in [2.24, 2.45) is 0 Å². The maximum Gasteiger partial charge on any atom is 0.252 e. The summed E-state index contributed by atoms with van der Waals surface area (Å²) in [7, 11) is 0. The predicted octanol–water partition coefficient (Wildman–Crippen LogP) is 4.40. The first-order valence-corrected chi connectivity index (χ1v) is 9.13. The maximum absolute atomic E-state index is 12.9. The fourth-order valence-electron chi connectivity index (χ4n) is 2.80. The smallest absolute Gasteiger partial charge is 0.252 e. The van der Waals surface area contributed by atoms with Crippen LogP contribution in [0.15, 0.2) is 60.0 Å². The van der Waals surface area contributed by atoms with Gasteiger partial charge in [-0.2, -0.15) is 5.10 Å².